The lowest BCUT2D eigenvalue weighted by Gasteiger charge is -2.09. The molecule has 7 heteroatoms. The number of thioether (sulfide) groups is 1. The Balaban J connectivity index is 1.53. The van der Waals surface area contributed by atoms with Gasteiger partial charge in [-0.15, -0.1) is 11.8 Å². The van der Waals surface area contributed by atoms with Gasteiger partial charge in [-0.25, -0.2) is 0 Å². The van der Waals surface area contributed by atoms with Crippen molar-refractivity contribution < 1.29 is 9.59 Å². The maximum absolute atomic E-state index is 12.3. The maximum atomic E-state index is 12.3. The SMILES string of the molecule is Cc1ccc(Cl)cc1NC(=O)CSc1ccc(NC(=O)c2cccc(Cl)c2)cc1. The van der Waals surface area contributed by atoms with Gasteiger partial charge in [0.2, 0.25) is 5.91 Å². The number of rotatable bonds is 6. The number of anilines is 2. The van der Waals surface area contributed by atoms with Crippen LogP contribution in [0, 0.1) is 6.92 Å². The average Bonchev–Trinajstić information content (AvgIpc) is 2.70. The predicted molar refractivity (Wildman–Crippen MR) is 121 cm³/mol. The van der Waals surface area contributed by atoms with Gasteiger partial charge in [0.15, 0.2) is 0 Å². The molecule has 0 aliphatic rings. The number of carbonyl (C=O) groups excluding carboxylic acids is 2. The molecule has 2 amide bonds. The summed E-state index contributed by atoms with van der Waals surface area (Å²) in [5, 5.41) is 6.78. The molecular weight excluding hydrogens is 427 g/mol. The Labute approximate surface area is 183 Å². The van der Waals surface area contributed by atoms with Gasteiger partial charge in [0, 0.05) is 31.9 Å². The summed E-state index contributed by atoms with van der Waals surface area (Å²) >= 11 is 13.3. The van der Waals surface area contributed by atoms with Crippen LogP contribution in [0.3, 0.4) is 0 Å². The normalized spacial score (nSPS) is 10.4. The van der Waals surface area contributed by atoms with Crippen molar-refractivity contribution in [3.63, 3.8) is 0 Å². The molecule has 0 aliphatic heterocycles. The molecule has 0 fully saturated rings. The summed E-state index contributed by atoms with van der Waals surface area (Å²) in [6.45, 7) is 1.91. The first kappa shape index (κ1) is 21.2. The summed E-state index contributed by atoms with van der Waals surface area (Å²) in [7, 11) is 0. The molecule has 148 valence electrons. The average molecular weight is 445 g/mol. The fraction of sp³-hybridized carbons (Fsp3) is 0.0909. The van der Waals surface area contributed by atoms with Crippen LogP contribution >= 0.6 is 35.0 Å². The van der Waals surface area contributed by atoms with Crippen LogP contribution in [-0.4, -0.2) is 17.6 Å². The van der Waals surface area contributed by atoms with Crippen LogP contribution in [0.15, 0.2) is 71.6 Å². The minimum Gasteiger partial charge on any atom is -0.325 e. The summed E-state index contributed by atoms with van der Waals surface area (Å²) in [5.74, 6) is -0.0805. The van der Waals surface area contributed by atoms with Gasteiger partial charge in [-0.2, -0.15) is 0 Å². The number of benzene rings is 3. The molecule has 0 atom stereocenters. The number of nitrogens with one attached hydrogen (secondary N) is 2. The van der Waals surface area contributed by atoms with Crippen LogP contribution in [0.25, 0.3) is 0 Å². The Morgan fingerprint density at radius 3 is 2.34 bits per heavy atom. The Hall–Kier alpha value is -2.47. The van der Waals surface area contributed by atoms with E-state index in [1.165, 1.54) is 11.8 Å². The lowest BCUT2D eigenvalue weighted by atomic mass is 10.2. The highest BCUT2D eigenvalue weighted by Crippen LogP contribution is 2.23. The molecule has 3 rings (SSSR count). The maximum Gasteiger partial charge on any atom is 0.255 e. The number of aryl methyl sites for hydroxylation is 1. The molecule has 0 heterocycles. The third-order valence-electron chi connectivity index (χ3n) is 4.04. The Morgan fingerprint density at radius 2 is 1.62 bits per heavy atom. The second-order valence-electron chi connectivity index (χ2n) is 6.28. The van der Waals surface area contributed by atoms with Gasteiger partial charge in [-0.3, -0.25) is 9.59 Å². The smallest absolute Gasteiger partial charge is 0.255 e. The van der Waals surface area contributed by atoms with Crippen LogP contribution in [0.1, 0.15) is 15.9 Å². The fourth-order valence-corrected chi connectivity index (χ4v) is 3.59. The van der Waals surface area contributed by atoms with E-state index < -0.39 is 0 Å². The Bertz CT molecular complexity index is 1040. The molecule has 0 unspecified atom stereocenters. The van der Waals surface area contributed by atoms with Crippen molar-refractivity contribution >= 4 is 58.2 Å². The number of carbonyl (C=O) groups is 2. The molecule has 0 bridgehead atoms. The highest BCUT2D eigenvalue weighted by Gasteiger charge is 2.08. The molecule has 3 aromatic rings. The molecule has 0 aromatic heterocycles. The molecule has 0 saturated heterocycles. The molecule has 2 N–H and O–H groups in total. The summed E-state index contributed by atoms with van der Waals surface area (Å²) in [5.41, 5.74) is 2.82. The van der Waals surface area contributed by atoms with Crippen molar-refractivity contribution in [2.45, 2.75) is 11.8 Å². The largest absolute Gasteiger partial charge is 0.325 e. The van der Waals surface area contributed by atoms with Crippen LogP contribution in [-0.2, 0) is 4.79 Å². The topological polar surface area (TPSA) is 58.2 Å². The summed E-state index contributed by atoms with van der Waals surface area (Å²) < 4.78 is 0. The van der Waals surface area contributed by atoms with Gasteiger partial charge in [-0.05, 0) is 67.1 Å². The minimum atomic E-state index is -0.232. The van der Waals surface area contributed by atoms with Gasteiger partial charge in [-0.1, -0.05) is 35.3 Å². The second-order valence-corrected chi connectivity index (χ2v) is 8.21. The van der Waals surface area contributed by atoms with Gasteiger partial charge < -0.3 is 10.6 Å². The second kappa shape index (κ2) is 9.83. The van der Waals surface area contributed by atoms with Crippen molar-refractivity contribution in [2.24, 2.45) is 0 Å². The van der Waals surface area contributed by atoms with Crippen LogP contribution in [0.4, 0.5) is 11.4 Å². The fourth-order valence-electron chi connectivity index (χ4n) is 2.53. The molecule has 0 spiro atoms. The minimum absolute atomic E-state index is 0.112. The van der Waals surface area contributed by atoms with Gasteiger partial charge in [0.25, 0.3) is 5.91 Å². The molecular formula is C22H18Cl2N2O2S. The van der Waals surface area contributed by atoms with Crippen molar-refractivity contribution in [3.8, 4) is 0 Å². The first-order chi connectivity index (χ1) is 13.9. The summed E-state index contributed by atoms with van der Waals surface area (Å²) in [6, 6.07) is 19.4. The number of halogens is 2. The predicted octanol–water partition coefficient (Wildman–Crippen LogP) is 6.28. The quantitative estimate of drug-likeness (QED) is 0.439. The lowest BCUT2D eigenvalue weighted by Crippen LogP contribution is -2.14. The Kier molecular flexibility index (Phi) is 7.20. The van der Waals surface area contributed by atoms with Crippen molar-refractivity contribution in [1.82, 2.24) is 0 Å². The van der Waals surface area contributed by atoms with Crippen molar-refractivity contribution in [2.75, 3.05) is 16.4 Å². The zero-order valence-electron chi connectivity index (χ0n) is 15.5. The number of amides is 2. The zero-order chi connectivity index (χ0) is 20.8. The van der Waals surface area contributed by atoms with Crippen LogP contribution < -0.4 is 10.6 Å². The van der Waals surface area contributed by atoms with E-state index in [1.54, 1.807) is 48.5 Å². The third kappa shape index (κ3) is 6.26. The molecule has 0 saturated carbocycles. The van der Waals surface area contributed by atoms with E-state index in [9.17, 15) is 9.59 Å². The van der Waals surface area contributed by atoms with Gasteiger partial charge in [0.1, 0.15) is 0 Å². The monoisotopic (exact) mass is 444 g/mol. The van der Waals surface area contributed by atoms with E-state index in [2.05, 4.69) is 10.6 Å². The van der Waals surface area contributed by atoms with E-state index in [4.69, 9.17) is 23.2 Å². The molecule has 3 aromatic carbocycles. The van der Waals surface area contributed by atoms with E-state index in [-0.39, 0.29) is 17.6 Å². The van der Waals surface area contributed by atoms with Gasteiger partial charge >= 0.3 is 0 Å². The first-order valence-electron chi connectivity index (χ1n) is 8.76. The molecule has 29 heavy (non-hydrogen) atoms. The van der Waals surface area contributed by atoms with E-state index in [1.807, 2.05) is 25.1 Å². The standard InChI is InChI=1S/C22H18Cl2N2O2S/c1-14-5-6-17(24)12-20(14)26-21(27)13-29-19-9-7-18(8-10-19)25-22(28)15-3-2-4-16(23)11-15/h2-12H,13H2,1H3,(H,25,28)(H,26,27). The number of hydrogen-bond donors (Lipinski definition) is 2. The number of hydrogen-bond acceptors (Lipinski definition) is 3. The van der Waals surface area contributed by atoms with E-state index in [0.717, 1.165) is 10.5 Å². The first-order valence-corrected chi connectivity index (χ1v) is 10.5. The molecule has 0 radical (unpaired) electrons. The Morgan fingerprint density at radius 1 is 0.897 bits per heavy atom. The van der Waals surface area contributed by atoms with Gasteiger partial charge in [0.05, 0.1) is 5.75 Å². The summed E-state index contributed by atoms with van der Waals surface area (Å²) in [4.78, 5) is 25.4. The molecule has 4 nitrogen and oxygen atoms in total. The third-order valence-corrected chi connectivity index (χ3v) is 5.52. The van der Waals surface area contributed by atoms with Crippen molar-refractivity contribution in [3.05, 3.63) is 87.9 Å². The highest BCUT2D eigenvalue weighted by atomic mass is 35.5. The van der Waals surface area contributed by atoms with Crippen LogP contribution in [0.2, 0.25) is 10.0 Å². The lowest BCUT2D eigenvalue weighted by molar-refractivity contribution is -0.113. The van der Waals surface area contributed by atoms with E-state index in [0.29, 0.717) is 27.0 Å². The molecule has 0 aliphatic carbocycles. The van der Waals surface area contributed by atoms with E-state index >= 15 is 0 Å². The zero-order valence-corrected chi connectivity index (χ0v) is 17.9. The van der Waals surface area contributed by atoms with Crippen molar-refractivity contribution in [1.29, 1.82) is 0 Å². The highest BCUT2D eigenvalue weighted by molar-refractivity contribution is 8.00. The summed E-state index contributed by atoms with van der Waals surface area (Å²) in [6.07, 6.45) is 0. The van der Waals surface area contributed by atoms with Crippen LogP contribution in [0.5, 0.6) is 0 Å².